The summed E-state index contributed by atoms with van der Waals surface area (Å²) in [5.41, 5.74) is 16.0. The van der Waals surface area contributed by atoms with E-state index >= 15 is 0 Å². The lowest BCUT2D eigenvalue weighted by Crippen LogP contribution is -2.52. The van der Waals surface area contributed by atoms with Crippen LogP contribution in [0.15, 0.2) is 60.9 Å². The molecule has 2 fully saturated rings. The van der Waals surface area contributed by atoms with Crippen LogP contribution in [0.4, 0.5) is 11.6 Å². The van der Waals surface area contributed by atoms with Gasteiger partial charge in [0.25, 0.3) is 0 Å². The number of hydrogen-bond donors (Lipinski definition) is 3. The molecule has 0 unspecified atom stereocenters. The highest BCUT2D eigenvalue weighted by atomic mass is 35.5. The summed E-state index contributed by atoms with van der Waals surface area (Å²) in [6, 6.07) is 14.2. The minimum atomic E-state index is -0.912. The lowest BCUT2D eigenvalue weighted by molar-refractivity contribution is -0.127. The quantitative estimate of drug-likeness (QED) is 0.232. The van der Waals surface area contributed by atoms with Crippen LogP contribution in [0.2, 0.25) is 5.28 Å². The Morgan fingerprint density at radius 2 is 1.68 bits per heavy atom. The molecule has 4 aromatic rings. The summed E-state index contributed by atoms with van der Waals surface area (Å²) in [5, 5.41) is 6.93. The van der Waals surface area contributed by atoms with E-state index in [9.17, 15) is 9.59 Å². The molecule has 1 saturated heterocycles. The lowest BCUT2D eigenvalue weighted by atomic mass is 9.81. The summed E-state index contributed by atoms with van der Waals surface area (Å²) in [6.45, 7) is 4.34. The fraction of sp³-hybridized carbons (Fsp3) is 0.412. The number of halogens is 1. The third-order valence-corrected chi connectivity index (χ3v) is 9.55. The molecule has 0 spiro atoms. The van der Waals surface area contributed by atoms with Gasteiger partial charge in [-0.25, -0.2) is 15.1 Å². The molecular formula is C34H41ClN10O2. The third kappa shape index (κ3) is 7.61. The summed E-state index contributed by atoms with van der Waals surface area (Å²) in [5.74, 6) is 0.649. The van der Waals surface area contributed by atoms with Crippen LogP contribution < -0.4 is 21.3 Å². The van der Waals surface area contributed by atoms with E-state index in [0.29, 0.717) is 24.0 Å². The van der Waals surface area contributed by atoms with E-state index < -0.39 is 11.9 Å². The number of nitrogens with two attached hydrogens (primary N) is 2. The predicted octanol–water partition coefficient (Wildman–Crippen LogP) is 3.53. The Hall–Kier alpha value is -4.39. The minimum absolute atomic E-state index is 0.109. The Morgan fingerprint density at radius 3 is 2.30 bits per heavy atom. The highest BCUT2D eigenvalue weighted by molar-refractivity contribution is 6.28. The van der Waals surface area contributed by atoms with E-state index in [0.717, 1.165) is 80.1 Å². The summed E-state index contributed by atoms with van der Waals surface area (Å²) >= 11 is 5.94. The molecule has 0 bridgehead atoms. The van der Waals surface area contributed by atoms with Crippen LogP contribution >= 0.6 is 11.6 Å². The van der Waals surface area contributed by atoms with Crippen molar-refractivity contribution in [2.75, 3.05) is 49.6 Å². The van der Waals surface area contributed by atoms with Crippen molar-refractivity contribution in [3.8, 4) is 22.5 Å². The molecule has 13 heteroatoms. The summed E-state index contributed by atoms with van der Waals surface area (Å²) in [7, 11) is 2.12. The number of nitrogens with zero attached hydrogens (tertiary/aromatic N) is 7. The van der Waals surface area contributed by atoms with Gasteiger partial charge in [-0.05, 0) is 92.2 Å². The first kappa shape index (κ1) is 32.5. The Balaban J connectivity index is 1.26. The molecule has 1 saturated carbocycles. The largest absolute Gasteiger partial charge is 0.368 e. The first-order chi connectivity index (χ1) is 22.8. The number of amides is 2. The van der Waals surface area contributed by atoms with Gasteiger partial charge in [0.1, 0.15) is 6.04 Å². The van der Waals surface area contributed by atoms with Crippen molar-refractivity contribution < 1.29 is 9.59 Å². The predicted molar refractivity (Wildman–Crippen MR) is 183 cm³/mol. The number of anilines is 2. The second-order valence-corrected chi connectivity index (χ2v) is 12.9. The van der Waals surface area contributed by atoms with Gasteiger partial charge in [0.05, 0.1) is 0 Å². The van der Waals surface area contributed by atoms with Gasteiger partial charge in [0.2, 0.25) is 23.0 Å². The third-order valence-electron chi connectivity index (χ3n) is 9.38. The van der Waals surface area contributed by atoms with Crippen molar-refractivity contribution in [2.45, 2.75) is 38.1 Å². The highest BCUT2D eigenvalue weighted by Gasteiger charge is 2.36. The van der Waals surface area contributed by atoms with Crippen LogP contribution in [0.5, 0.6) is 0 Å². The van der Waals surface area contributed by atoms with Crippen LogP contribution in [0.1, 0.15) is 31.2 Å². The average molecular weight is 657 g/mol. The first-order valence-corrected chi connectivity index (χ1v) is 16.5. The zero-order valence-electron chi connectivity index (χ0n) is 26.6. The van der Waals surface area contributed by atoms with Gasteiger partial charge in [-0.2, -0.15) is 10.1 Å². The standard InChI is InChI=1S/C34H41ClN10O2/c1-43-13-15-44(16-14-43)34-38-20-27(21-39-34)26-4-2-3-23(17-26)18-29(30(37)46)45(32(47)25-7-5-22(19-36)6-8-25)28-11-9-24(10-12-28)31-40-33(35)42-41-31/h2-4,9-12,17,20-22,25,29H,5-8,13-16,18-19,36H2,1H3,(H2,37,46)(H,40,41,42)/t22?,25?,29-/m0/s1. The van der Waals surface area contributed by atoms with Crippen LogP contribution in [0, 0.1) is 11.8 Å². The van der Waals surface area contributed by atoms with Gasteiger partial charge in [0.15, 0.2) is 5.82 Å². The van der Waals surface area contributed by atoms with E-state index in [4.69, 9.17) is 23.1 Å². The van der Waals surface area contributed by atoms with Crippen molar-refractivity contribution in [1.29, 1.82) is 0 Å². The average Bonchev–Trinajstić information content (AvgIpc) is 3.55. The molecule has 1 atom stereocenters. The van der Waals surface area contributed by atoms with Gasteiger partial charge in [-0.15, -0.1) is 0 Å². The molecule has 47 heavy (non-hydrogen) atoms. The maximum absolute atomic E-state index is 14.3. The first-order valence-electron chi connectivity index (χ1n) is 16.1. The molecule has 246 valence electrons. The summed E-state index contributed by atoms with van der Waals surface area (Å²) < 4.78 is 0. The van der Waals surface area contributed by atoms with Gasteiger partial charge in [0, 0.05) is 67.7 Å². The van der Waals surface area contributed by atoms with Crippen LogP contribution in [-0.2, 0) is 16.0 Å². The number of likely N-dealkylation sites (N-methyl/N-ethyl adjacent to an activating group) is 1. The molecule has 1 aliphatic heterocycles. The monoisotopic (exact) mass is 656 g/mol. The van der Waals surface area contributed by atoms with Crippen molar-refractivity contribution in [1.82, 2.24) is 30.0 Å². The van der Waals surface area contributed by atoms with E-state index in [1.54, 1.807) is 17.0 Å². The zero-order valence-corrected chi connectivity index (χ0v) is 27.3. The smallest absolute Gasteiger partial charge is 0.240 e. The van der Waals surface area contributed by atoms with Gasteiger partial charge < -0.3 is 21.3 Å². The number of aromatic amines is 1. The Labute approximate surface area is 279 Å². The number of piperazine rings is 1. The number of rotatable bonds is 10. The normalized spacial score (nSPS) is 19.3. The molecule has 0 radical (unpaired) electrons. The van der Waals surface area contributed by atoms with E-state index in [-0.39, 0.29) is 23.5 Å². The Kier molecular flexibility index (Phi) is 10.1. The molecule has 12 nitrogen and oxygen atoms in total. The van der Waals surface area contributed by atoms with Gasteiger partial charge in [-0.3, -0.25) is 14.5 Å². The maximum Gasteiger partial charge on any atom is 0.240 e. The highest BCUT2D eigenvalue weighted by Crippen LogP contribution is 2.33. The molecule has 6 rings (SSSR count). The Morgan fingerprint density at radius 1 is 0.979 bits per heavy atom. The van der Waals surface area contributed by atoms with Gasteiger partial charge >= 0.3 is 0 Å². The van der Waals surface area contributed by atoms with Crippen LogP contribution in [0.25, 0.3) is 22.5 Å². The van der Waals surface area contributed by atoms with Crippen molar-refractivity contribution in [3.63, 3.8) is 0 Å². The number of nitrogens with one attached hydrogen (secondary N) is 1. The van der Waals surface area contributed by atoms with Crippen LogP contribution in [-0.4, -0.2) is 87.7 Å². The fourth-order valence-electron chi connectivity index (χ4n) is 6.51. The summed E-state index contributed by atoms with van der Waals surface area (Å²) in [4.78, 5) is 47.0. The zero-order chi connectivity index (χ0) is 32.9. The Bertz CT molecular complexity index is 1660. The number of H-pyrrole nitrogens is 1. The molecule has 5 N–H and O–H groups in total. The van der Waals surface area contributed by atoms with E-state index in [2.05, 4.69) is 42.0 Å². The number of aromatic nitrogens is 5. The second kappa shape index (κ2) is 14.6. The number of carbonyl (C=O) groups is 2. The second-order valence-electron chi connectivity index (χ2n) is 12.5. The van der Waals surface area contributed by atoms with Gasteiger partial charge in [-0.1, -0.05) is 24.3 Å². The number of benzene rings is 2. The summed E-state index contributed by atoms with van der Waals surface area (Å²) in [6.07, 6.45) is 7.11. The molecule has 2 aromatic carbocycles. The fourth-order valence-corrected chi connectivity index (χ4v) is 6.63. The molecular weight excluding hydrogens is 616 g/mol. The minimum Gasteiger partial charge on any atom is -0.368 e. The molecule has 2 amide bonds. The number of hydrogen-bond acceptors (Lipinski definition) is 9. The number of carbonyl (C=O) groups excluding carboxylic acids is 2. The van der Waals surface area contributed by atoms with E-state index in [1.165, 1.54) is 0 Å². The topological polar surface area (TPSA) is 163 Å². The van der Waals surface area contributed by atoms with Crippen LogP contribution in [0.3, 0.4) is 0 Å². The maximum atomic E-state index is 14.3. The van der Waals surface area contributed by atoms with E-state index in [1.807, 2.05) is 48.8 Å². The molecule has 1 aliphatic carbocycles. The lowest BCUT2D eigenvalue weighted by Gasteiger charge is -2.35. The number of primary amides is 1. The molecule has 2 aromatic heterocycles. The van der Waals surface area contributed by atoms with Crippen molar-refractivity contribution in [2.24, 2.45) is 23.3 Å². The molecule has 2 aliphatic rings. The van der Waals surface area contributed by atoms with Crippen molar-refractivity contribution in [3.05, 3.63) is 71.8 Å². The SMILES string of the molecule is CN1CCN(c2ncc(-c3cccc(C[C@@H](C(N)=O)N(C(=O)C4CCC(CN)CC4)c4ccc(-c5n[nH]c(Cl)n5)cc4)c3)cn2)CC1. The molecule has 3 heterocycles. The van der Waals surface area contributed by atoms with Crippen molar-refractivity contribution >= 4 is 35.1 Å².